The molecule has 122 valence electrons. The number of carbonyl (C=O) groups excluding carboxylic acids is 1. The van der Waals surface area contributed by atoms with Crippen LogP contribution in [0.3, 0.4) is 0 Å². The lowest BCUT2D eigenvalue weighted by Crippen LogP contribution is -2.43. The Bertz CT molecular complexity index is 753. The summed E-state index contributed by atoms with van der Waals surface area (Å²) in [6, 6.07) is 0.948. The van der Waals surface area contributed by atoms with Crippen LogP contribution >= 0.6 is 11.6 Å². The Labute approximate surface area is 135 Å². The topological polar surface area (TPSA) is 68.5 Å². The van der Waals surface area contributed by atoms with Crippen molar-refractivity contribution >= 4 is 17.5 Å². The molecule has 0 unspecified atom stereocenters. The predicted octanol–water partition coefficient (Wildman–Crippen LogP) is 2.52. The first-order valence-electron chi connectivity index (χ1n) is 6.80. The van der Waals surface area contributed by atoms with E-state index in [-0.39, 0.29) is 29.6 Å². The van der Waals surface area contributed by atoms with Crippen molar-refractivity contribution in [3.8, 4) is 0 Å². The number of ether oxygens (including phenoxy) is 1. The number of amides is 1. The van der Waals surface area contributed by atoms with Gasteiger partial charge in [-0.15, -0.1) is 10.2 Å². The van der Waals surface area contributed by atoms with Gasteiger partial charge in [-0.05, 0) is 12.1 Å². The number of carbonyl (C=O) groups is 1. The highest BCUT2D eigenvalue weighted by Gasteiger charge is 2.34. The van der Waals surface area contributed by atoms with E-state index in [1.54, 1.807) is 6.92 Å². The molecule has 0 spiro atoms. The maximum Gasteiger partial charge on any atom is 0.256 e. The van der Waals surface area contributed by atoms with Gasteiger partial charge in [0, 0.05) is 13.5 Å². The molecule has 1 saturated heterocycles. The van der Waals surface area contributed by atoms with Gasteiger partial charge < -0.3 is 14.1 Å². The maximum atomic E-state index is 13.4. The molecule has 0 aliphatic carbocycles. The number of rotatable bonds is 2. The normalized spacial score (nSPS) is 18.3. The van der Waals surface area contributed by atoms with Gasteiger partial charge in [-0.3, -0.25) is 4.79 Å². The van der Waals surface area contributed by atoms with Crippen LogP contribution in [0.4, 0.5) is 8.78 Å². The highest BCUT2D eigenvalue weighted by atomic mass is 35.5. The molecule has 2 heterocycles. The monoisotopic (exact) mass is 343 g/mol. The van der Waals surface area contributed by atoms with Crippen molar-refractivity contribution in [3.05, 3.63) is 46.1 Å². The molecular weight excluding hydrogens is 332 g/mol. The average Bonchev–Trinajstić information content (AvgIpc) is 2.96. The van der Waals surface area contributed by atoms with Crippen LogP contribution in [0.2, 0.25) is 5.02 Å². The first-order valence-corrected chi connectivity index (χ1v) is 7.18. The number of hydrogen-bond acceptors (Lipinski definition) is 5. The van der Waals surface area contributed by atoms with Gasteiger partial charge in [0.15, 0.2) is 11.6 Å². The molecule has 6 nitrogen and oxygen atoms in total. The second-order valence-corrected chi connectivity index (χ2v) is 5.40. The summed E-state index contributed by atoms with van der Waals surface area (Å²) in [5.41, 5.74) is -0.131. The van der Waals surface area contributed by atoms with Crippen molar-refractivity contribution in [1.29, 1.82) is 0 Å². The van der Waals surface area contributed by atoms with Crippen LogP contribution in [-0.4, -0.2) is 40.8 Å². The van der Waals surface area contributed by atoms with Gasteiger partial charge in [0.25, 0.3) is 5.91 Å². The summed E-state index contributed by atoms with van der Waals surface area (Å²) >= 11 is 5.88. The van der Waals surface area contributed by atoms with Gasteiger partial charge in [0.1, 0.15) is 6.04 Å². The summed E-state index contributed by atoms with van der Waals surface area (Å²) < 4.78 is 37.3. The molecular formula is C14H12ClF2N3O3. The quantitative estimate of drug-likeness (QED) is 0.784. The molecule has 1 atom stereocenters. The van der Waals surface area contributed by atoms with Crippen LogP contribution in [0.5, 0.6) is 0 Å². The summed E-state index contributed by atoms with van der Waals surface area (Å²) in [5, 5.41) is 7.45. The zero-order valence-corrected chi connectivity index (χ0v) is 12.8. The van der Waals surface area contributed by atoms with Crippen LogP contribution < -0.4 is 0 Å². The molecule has 0 radical (unpaired) electrons. The van der Waals surface area contributed by atoms with Gasteiger partial charge in [0.2, 0.25) is 11.8 Å². The predicted molar refractivity (Wildman–Crippen MR) is 75.0 cm³/mol. The first-order chi connectivity index (χ1) is 11.0. The van der Waals surface area contributed by atoms with E-state index in [2.05, 4.69) is 10.2 Å². The minimum atomic E-state index is -1.14. The highest BCUT2D eigenvalue weighted by Crippen LogP contribution is 2.28. The molecule has 0 bridgehead atoms. The van der Waals surface area contributed by atoms with Crippen LogP contribution in [0.15, 0.2) is 16.5 Å². The van der Waals surface area contributed by atoms with E-state index >= 15 is 0 Å². The number of halogens is 3. The number of hydrogen-bond donors (Lipinski definition) is 0. The summed E-state index contributed by atoms with van der Waals surface area (Å²) in [4.78, 5) is 14.1. The molecule has 2 aromatic rings. The van der Waals surface area contributed by atoms with Crippen LogP contribution in [0.25, 0.3) is 0 Å². The van der Waals surface area contributed by atoms with E-state index < -0.39 is 23.6 Å². The minimum absolute atomic E-state index is 0.131. The third-order valence-electron chi connectivity index (χ3n) is 3.46. The molecule has 23 heavy (non-hydrogen) atoms. The Kier molecular flexibility index (Phi) is 4.27. The Balaban J connectivity index is 1.94. The summed E-state index contributed by atoms with van der Waals surface area (Å²) in [6.07, 6.45) is 0. The van der Waals surface area contributed by atoms with Crippen molar-refractivity contribution in [3.63, 3.8) is 0 Å². The second-order valence-electron chi connectivity index (χ2n) is 4.99. The summed E-state index contributed by atoms with van der Waals surface area (Å²) in [6.45, 7) is 2.32. The largest absolute Gasteiger partial charge is 0.423 e. The Morgan fingerprint density at radius 2 is 2.09 bits per heavy atom. The lowest BCUT2D eigenvalue weighted by Gasteiger charge is -2.33. The number of benzene rings is 1. The molecule has 3 rings (SSSR count). The van der Waals surface area contributed by atoms with Gasteiger partial charge in [-0.2, -0.15) is 0 Å². The zero-order chi connectivity index (χ0) is 16.6. The zero-order valence-electron chi connectivity index (χ0n) is 12.1. The highest BCUT2D eigenvalue weighted by molar-refractivity contribution is 6.33. The van der Waals surface area contributed by atoms with Crippen LogP contribution in [0, 0.1) is 18.6 Å². The standard InChI is InChI=1S/C14H12ClF2N3O3/c1-7-18-19-13(23-7)12-6-22-3-2-20(12)14(21)8-4-10(16)11(17)5-9(8)15/h4-5,12H,2-3,6H2,1H3/t12-/m1/s1. The number of aromatic nitrogens is 2. The SMILES string of the molecule is Cc1nnc([C@H]2COCCN2C(=O)c2cc(F)c(F)cc2Cl)o1. The molecule has 1 fully saturated rings. The van der Waals surface area contributed by atoms with Crippen LogP contribution in [0.1, 0.15) is 28.2 Å². The minimum Gasteiger partial charge on any atom is -0.423 e. The summed E-state index contributed by atoms with van der Waals surface area (Å²) in [5.74, 6) is -2.25. The lowest BCUT2D eigenvalue weighted by atomic mass is 10.1. The van der Waals surface area contributed by atoms with Crippen molar-refractivity contribution in [1.82, 2.24) is 15.1 Å². The van der Waals surface area contributed by atoms with Crippen molar-refractivity contribution in [2.75, 3.05) is 19.8 Å². The van der Waals surface area contributed by atoms with Gasteiger partial charge in [-0.25, -0.2) is 8.78 Å². The van der Waals surface area contributed by atoms with E-state index in [1.807, 2.05) is 0 Å². The lowest BCUT2D eigenvalue weighted by molar-refractivity contribution is -0.0106. The molecule has 1 aromatic carbocycles. The second kappa shape index (κ2) is 6.21. The molecule has 1 aromatic heterocycles. The van der Waals surface area contributed by atoms with Crippen LogP contribution in [-0.2, 0) is 4.74 Å². The van der Waals surface area contributed by atoms with Crippen molar-refractivity contribution in [2.24, 2.45) is 0 Å². The maximum absolute atomic E-state index is 13.4. The molecule has 0 N–H and O–H groups in total. The number of nitrogens with zero attached hydrogens (tertiary/aromatic N) is 3. The fourth-order valence-corrected chi connectivity index (χ4v) is 2.57. The average molecular weight is 344 g/mol. The van der Waals surface area contributed by atoms with Gasteiger partial charge in [-0.1, -0.05) is 11.6 Å². The fourth-order valence-electron chi connectivity index (χ4n) is 2.34. The molecule has 1 aliphatic heterocycles. The molecule has 0 saturated carbocycles. The van der Waals surface area contributed by atoms with Crippen molar-refractivity contribution in [2.45, 2.75) is 13.0 Å². The fraction of sp³-hybridized carbons (Fsp3) is 0.357. The smallest absolute Gasteiger partial charge is 0.256 e. The number of aryl methyl sites for hydroxylation is 1. The van der Waals surface area contributed by atoms with Gasteiger partial charge in [0.05, 0.1) is 23.8 Å². The third-order valence-corrected chi connectivity index (χ3v) is 3.77. The molecule has 1 aliphatic rings. The van der Waals surface area contributed by atoms with E-state index in [4.69, 9.17) is 20.8 Å². The Morgan fingerprint density at radius 3 is 2.78 bits per heavy atom. The van der Waals surface area contributed by atoms with E-state index in [9.17, 15) is 13.6 Å². The van der Waals surface area contributed by atoms with Crippen molar-refractivity contribution < 1.29 is 22.7 Å². The van der Waals surface area contributed by atoms with Gasteiger partial charge >= 0.3 is 0 Å². The molecule has 1 amide bonds. The summed E-state index contributed by atoms with van der Waals surface area (Å²) in [7, 11) is 0. The van der Waals surface area contributed by atoms with E-state index in [0.29, 0.717) is 12.5 Å². The molecule has 9 heteroatoms. The van der Waals surface area contributed by atoms with E-state index in [0.717, 1.165) is 12.1 Å². The third kappa shape index (κ3) is 3.04. The Morgan fingerprint density at radius 1 is 1.35 bits per heavy atom. The first kappa shape index (κ1) is 15.8. The Hall–Kier alpha value is -2.06. The number of morpholine rings is 1. The van der Waals surface area contributed by atoms with E-state index in [1.165, 1.54) is 4.90 Å².